The summed E-state index contributed by atoms with van der Waals surface area (Å²) in [5.74, 6) is 7.46. The molecule has 0 saturated heterocycles. The summed E-state index contributed by atoms with van der Waals surface area (Å²) < 4.78 is 6.04. The first-order chi connectivity index (χ1) is 11.5. The summed E-state index contributed by atoms with van der Waals surface area (Å²) in [6, 6.07) is 20.7. The van der Waals surface area contributed by atoms with Crippen molar-refractivity contribution in [3.05, 3.63) is 71.8 Å². The van der Waals surface area contributed by atoms with Gasteiger partial charge in [0.15, 0.2) is 11.6 Å². The maximum Gasteiger partial charge on any atom is 0.179 e. The van der Waals surface area contributed by atoms with Crippen LogP contribution in [0.4, 0.5) is 0 Å². The van der Waals surface area contributed by atoms with Crippen molar-refractivity contribution in [3.63, 3.8) is 0 Å². The molecule has 2 nitrogen and oxygen atoms in total. The first kappa shape index (κ1) is 18.3. The highest BCUT2D eigenvalue weighted by molar-refractivity contribution is 5.45. The minimum Gasteiger partial charge on any atom is -0.357 e. The molecule has 2 rings (SSSR count). The standard InChI is InChI=1S/C22H27NO/c1-18(2)21(23(3)4)16-17-22(24-5,19-12-8-6-9-13-19)20-14-10-7-11-15-20/h6-15,18,21H,1-5H3/p+1/t21-/m0/s1. The monoisotopic (exact) mass is 322 g/mol. The van der Waals surface area contributed by atoms with Crippen molar-refractivity contribution in [1.82, 2.24) is 0 Å². The molecule has 0 amide bonds. The predicted molar refractivity (Wildman–Crippen MR) is 99.9 cm³/mol. The molecule has 0 saturated carbocycles. The molecule has 0 aliphatic rings. The Balaban J connectivity index is 2.60. The maximum absolute atomic E-state index is 6.04. The average Bonchev–Trinajstić information content (AvgIpc) is 2.60. The van der Waals surface area contributed by atoms with Crippen LogP contribution in [0.5, 0.6) is 0 Å². The van der Waals surface area contributed by atoms with Gasteiger partial charge in [-0.1, -0.05) is 80.4 Å². The Morgan fingerprint density at radius 3 is 1.67 bits per heavy atom. The zero-order valence-electron chi connectivity index (χ0n) is 15.3. The smallest absolute Gasteiger partial charge is 0.179 e. The molecular weight excluding hydrogens is 294 g/mol. The number of ether oxygens (including phenoxy) is 1. The number of nitrogens with one attached hydrogen (secondary N) is 1. The molecule has 0 spiro atoms. The number of benzene rings is 2. The van der Waals surface area contributed by atoms with Crippen LogP contribution in [0.2, 0.25) is 0 Å². The largest absolute Gasteiger partial charge is 0.357 e. The van der Waals surface area contributed by atoms with E-state index in [1.165, 1.54) is 4.90 Å². The topological polar surface area (TPSA) is 13.7 Å². The van der Waals surface area contributed by atoms with Crippen molar-refractivity contribution in [2.75, 3.05) is 21.2 Å². The number of hydrogen-bond acceptors (Lipinski definition) is 1. The van der Waals surface area contributed by atoms with Gasteiger partial charge in [0.1, 0.15) is 0 Å². The lowest BCUT2D eigenvalue weighted by Gasteiger charge is -2.29. The molecule has 126 valence electrons. The summed E-state index contributed by atoms with van der Waals surface area (Å²) in [7, 11) is 6.04. The van der Waals surface area contributed by atoms with E-state index in [0.717, 1.165) is 11.1 Å². The van der Waals surface area contributed by atoms with Gasteiger partial charge in [-0.15, -0.1) is 0 Å². The Kier molecular flexibility index (Phi) is 6.20. The molecule has 2 heteroatoms. The first-order valence-corrected chi connectivity index (χ1v) is 8.50. The second kappa shape index (κ2) is 8.15. The summed E-state index contributed by atoms with van der Waals surface area (Å²) in [6.07, 6.45) is 0. The molecule has 0 aliphatic heterocycles. The van der Waals surface area contributed by atoms with Crippen LogP contribution in [0.1, 0.15) is 25.0 Å². The number of methoxy groups -OCH3 is 1. The lowest BCUT2D eigenvalue weighted by molar-refractivity contribution is -0.880. The third-order valence-electron chi connectivity index (χ3n) is 4.36. The zero-order chi connectivity index (χ0) is 17.6. The second-order valence-electron chi connectivity index (χ2n) is 6.69. The Morgan fingerprint density at radius 2 is 1.33 bits per heavy atom. The van der Waals surface area contributed by atoms with Crippen LogP contribution in [0.3, 0.4) is 0 Å². The molecule has 0 heterocycles. The minimum atomic E-state index is -0.745. The first-order valence-electron chi connectivity index (χ1n) is 8.50. The third-order valence-corrected chi connectivity index (χ3v) is 4.36. The van der Waals surface area contributed by atoms with Gasteiger partial charge in [0.25, 0.3) is 0 Å². The molecule has 2 aromatic carbocycles. The fourth-order valence-corrected chi connectivity index (χ4v) is 3.10. The number of hydrogen-bond donors (Lipinski definition) is 1. The summed E-state index contributed by atoms with van der Waals surface area (Å²) in [4.78, 5) is 1.34. The molecule has 0 unspecified atom stereocenters. The van der Waals surface area contributed by atoms with Crippen LogP contribution in [0.25, 0.3) is 0 Å². The zero-order valence-corrected chi connectivity index (χ0v) is 15.3. The number of rotatable bonds is 5. The summed E-state index contributed by atoms with van der Waals surface area (Å²) in [5, 5.41) is 0. The lowest BCUT2D eigenvalue weighted by atomic mass is 9.86. The van der Waals surface area contributed by atoms with Crippen LogP contribution < -0.4 is 4.90 Å². The van der Waals surface area contributed by atoms with Crippen molar-refractivity contribution in [1.29, 1.82) is 0 Å². The second-order valence-corrected chi connectivity index (χ2v) is 6.69. The molecule has 0 fully saturated rings. The molecule has 0 bridgehead atoms. The van der Waals surface area contributed by atoms with Crippen molar-refractivity contribution >= 4 is 0 Å². The molecule has 0 radical (unpaired) electrons. The van der Waals surface area contributed by atoms with Gasteiger partial charge in [-0.2, -0.15) is 0 Å². The Hall–Kier alpha value is -2.08. The molecule has 24 heavy (non-hydrogen) atoms. The van der Waals surface area contributed by atoms with E-state index >= 15 is 0 Å². The normalized spacial score (nSPS) is 12.8. The van der Waals surface area contributed by atoms with Crippen LogP contribution in [0.15, 0.2) is 60.7 Å². The SMILES string of the molecule is COC(C#C[C@@H](C(C)C)[NH+](C)C)(c1ccccc1)c1ccccc1. The Labute approximate surface area is 146 Å². The predicted octanol–water partition coefficient (Wildman–Crippen LogP) is 2.75. The highest BCUT2D eigenvalue weighted by Gasteiger charge is 2.33. The van der Waals surface area contributed by atoms with Crippen molar-refractivity contribution in [2.45, 2.75) is 25.5 Å². The highest BCUT2D eigenvalue weighted by atomic mass is 16.5. The van der Waals surface area contributed by atoms with E-state index < -0.39 is 5.60 Å². The fraction of sp³-hybridized carbons (Fsp3) is 0.364. The van der Waals surface area contributed by atoms with Crippen LogP contribution in [-0.4, -0.2) is 27.2 Å². The van der Waals surface area contributed by atoms with Gasteiger partial charge >= 0.3 is 0 Å². The molecule has 0 aromatic heterocycles. The minimum absolute atomic E-state index is 0.256. The average molecular weight is 322 g/mol. The van der Waals surface area contributed by atoms with Crippen molar-refractivity contribution in [3.8, 4) is 11.8 Å². The van der Waals surface area contributed by atoms with Crippen molar-refractivity contribution < 1.29 is 9.64 Å². The van der Waals surface area contributed by atoms with Crippen LogP contribution in [-0.2, 0) is 10.3 Å². The van der Waals surface area contributed by atoms with E-state index in [0.29, 0.717) is 5.92 Å². The Bertz CT molecular complexity index is 633. The summed E-state index contributed by atoms with van der Waals surface area (Å²) >= 11 is 0. The van der Waals surface area contributed by atoms with Gasteiger partial charge < -0.3 is 9.64 Å². The molecule has 1 N–H and O–H groups in total. The maximum atomic E-state index is 6.04. The summed E-state index contributed by atoms with van der Waals surface area (Å²) in [5.41, 5.74) is 1.37. The Morgan fingerprint density at radius 1 is 0.875 bits per heavy atom. The van der Waals surface area contributed by atoms with Gasteiger partial charge in [0.05, 0.1) is 14.1 Å². The van der Waals surface area contributed by atoms with E-state index in [1.54, 1.807) is 7.11 Å². The lowest BCUT2D eigenvalue weighted by Crippen LogP contribution is -3.10. The van der Waals surface area contributed by atoms with Gasteiger partial charge in [0, 0.05) is 24.2 Å². The number of quaternary nitrogens is 1. The van der Waals surface area contributed by atoms with Gasteiger partial charge in [-0.05, 0) is 5.92 Å². The van der Waals surface area contributed by atoms with E-state index in [4.69, 9.17) is 4.74 Å². The fourth-order valence-electron chi connectivity index (χ4n) is 3.10. The van der Waals surface area contributed by atoms with Gasteiger partial charge in [-0.3, -0.25) is 0 Å². The molecule has 0 aliphatic carbocycles. The van der Waals surface area contributed by atoms with E-state index in [1.807, 2.05) is 36.4 Å². The van der Waals surface area contributed by atoms with E-state index in [-0.39, 0.29) is 6.04 Å². The van der Waals surface area contributed by atoms with Crippen LogP contribution in [0, 0.1) is 17.8 Å². The van der Waals surface area contributed by atoms with E-state index in [2.05, 4.69) is 64.0 Å². The highest BCUT2D eigenvalue weighted by Crippen LogP contribution is 2.32. The molecule has 2 aromatic rings. The molecular formula is C22H28NO+. The van der Waals surface area contributed by atoms with Gasteiger partial charge in [0.2, 0.25) is 0 Å². The third kappa shape index (κ3) is 3.87. The van der Waals surface area contributed by atoms with E-state index in [9.17, 15) is 0 Å². The van der Waals surface area contributed by atoms with Crippen molar-refractivity contribution in [2.24, 2.45) is 5.92 Å². The summed E-state index contributed by atoms with van der Waals surface area (Å²) in [6.45, 7) is 4.43. The quantitative estimate of drug-likeness (QED) is 0.836. The van der Waals surface area contributed by atoms with Gasteiger partial charge in [-0.25, -0.2) is 0 Å². The molecule has 1 atom stereocenters. The van der Waals surface area contributed by atoms with Crippen LogP contribution >= 0.6 is 0 Å².